The van der Waals surface area contributed by atoms with Crippen molar-refractivity contribution in [1.29, 1.82) is 0 Å². The van der Waals surface area contributed by atoms with Crippen molar-refractivity contribution in [3.05, 3.63) is 23.8 Å². The van der Waals surface area contributed by atoms with Crippen LogP contribution in [0.4, 0.5) is 10.5 Å². The van der Waals surface area contributed by atoms with Crippen LogP contribution in [-0.4, -0.2) is 25.2 Å². The summed E-state index contributed by atoms with van der Waals surface area (Å²) in [6.07, 6.45) is -0.475. The third kappa shape index (κ3) is 3.42. The van der Waals surface area contributed by atoms with Crippen LogP contribution in [0.25, 0.3) is 0 Å². The number of hydrogen-bond donors (Lipinski definition) is 1. The first-order valence-electron chi connectivity index (χ1n) is 5.20. The van der Waals surface area contributed by atoms with E-state index in [0.29, 0.717) is 5.75 Å². The fourth-order valence-corrected chi connectivity index (χ4v) is 1.49. The van der Waals surface area contributed by atoms with E-state index in [4.69, 9.17) is 17.0 Å². The van der Waals surface area contributed by atoms with Gasteiger partial charge in [-0.05, 0) is 37.6 Å². The quantitative estimate of drug-likeness (QED) is 0.821. The first kappa shape index (κ1) is 13.4. The molecule has 1 aromatic carbocycles. The van der Waals surface area contributed by atoms with Crippen LogP contribution in [0.1, 0.15) is 12.5 Å². The van der Waals surface area contributed by atoms with Gasteiger partial charge in [0.15, 0.2) is 0 Å². The number of ether oxygens (including phenoxy) is 1. The highest BCUT2D eigenvalue weighted by Crippen LogP contribution is 2.24. The summed E-state index contributed by atoms with van der Waals surface area (Å²) in [5.74, 6) is 0.515. The number of rotatable bonds is 2. The molecule has 0 aliphatic rings. The fourth-order valence-electron chi connectivity index (χ4n) is 1.40. The minimum Gasteiger partial charge on any atom is -0.410 e. The highest BCUT2D eigenvalue weighted by molar-refractivity contribution is 7.80. The Labute approximate surface area is 107 Å². The van der Waals surface area contributed by atoms with Gasteiger partial charge in [0.1, 0.15) is 5.75 Å². The molecule has 1 aromatic rings. The van der Waals surface area contributed by atoms with Crippen molar-refractivity contribution in [1.82, 2.24) is 5.32 Å². The van der Waals surface area contributed by atoms with Crippen LogP contribution in [0.3, 0.4) is 0 Å². The number of benzene rings is 1. The maximum atomic E-state index is 11.1. The Morgan fingerprint density at radius 1 is 1.47 bits per heavy atom. The molecule has 1 N–H and O–H groups in total. The molecular formula is C12H16N2O2S. The topological polar surface area (TPSA) is 41.6 Å². The number of carbonyl (C=O) groups is 1. The standard InChI is InChI=1S/C12H16N2O2S/c1-8-7-10(16-12(15)13-3)5-6-11(8)14(4)9(2)17/h5-7H,1-4H3,(H,13,15). The van der Waals surface area contributed by atoms with E-state index in [2.05, 4.69) is 5.32 Å². The number of nitrogens with one attached hydrogen (secondary N) is 1. The second-order valence-electron chi connectivity index (χ2n) is 3.67. The molecule has 0 radical (unpaired) electrons. The van der Waals surface area contributed by atoms with Gasteiger partial charge in [-0.2, -0.15) is 0 Å². The van der Waals surface area contributed by atoms with Crippen molar-refractivity contribution in [2.45, 2.75) is 13.8 Å². The number of anilines is 1. The van der Waals surface area contributed by atoms with Crippen LogP contribution >= 0.6 is 12.2 Å². The highest BCUT2D eigenvalue weighted by Gasteiger charge is 2.08. The third-order valence-electron chi connectivity index (χ3n) is 2.42. The smallest absolute Gasteiger partial charge is 0.410 e. The van der Waals surface area contributed by atoms with Gasteiger partial charge < -0.3 is 15.0 Å². The lowest BCUT2D eigenvalue weighted by atomic mass is 10.2. The van der Waals surface area contributed by atoms with Gasteiger partial charge in [-0.3, -0.25) is 0 Å². The summed E-state index contributed by atoms with van der Waals surface area (Å²) in [5, 5.41) is 2.40. The first-order chi connectivity index (χ1) is 7.95. The molecule has 0 saturated carbocycles. The number of amides is 1. The summed E-state index contributed by atoms with van der Waals surface area (Å²) in [7, 11) is 3.43. The molecule has 17 heavy (non-hydrogen) atoms. The monoisotopic (exact) mass is 252 g/mol. The summed E-state index contributed by atoms with van der Waals surface area (Å²) >= 11 is 5.11. The van der Waals surface area contributed by atoms with Crippen LogP contribution < -0.4 is 15.0 Å². The molecule has 0 fully saturated rings. The molecule has 0 spiro atoms. The van der Waals surface area contributed by atoms with Gasteiger partial charge in [0, 0.05) is 19.8 Å². The molecule has 0 aromatic heterocycles. The molecular weight excluding hydrogens is 236 g/mol. The van der Waals surface area contributed by atoms with E-state index in [9.17, 15) is 4.79 Å². The number of thiocarbonyl (C=S) groups is 1. The molecule has 0 unspecified atom stereocenters. The molecule has 1 amide bonds. The predicted molar refractivity (Wildman–Crippen MR) is 72.9 cm³/mol. The zero-order chi connectivity index (χ0) is 13.0. The Hall–Kier alpha value is -1.62. The Morgan fingerprint density at radius 2 is 2.12 bits per heavy atom. The number of carbonyl (C=O) groups excluding carboxylic acids is 1. The maximum Gasteiger partial charge on any atom is 0.412 e. The average Bonchev–Trinajstić information content (AvgIpc) is 2.28. The Morgan fingerprint density at radius 3 is 2.59 bits per heavy atom. The van der Waals surface area contributed by atoms with Gasteiger partial charge >= 0.3 is 6.09 Å². The van der Waals surface area contributed by atoms with Crippen LogP contribution in [0.15, 0.2) is 18.2 Å². The van der Waals surface area contributed by atoms with E-state index < -0.39 is 6.09 Å². The maximum absolute atomic E-state index is 11.1. The summed E-state index contributed by atoms with van der Waals surface area (Å²) in [5.41, 5.74) is 2.00. The minimum atomic E-state index is -0.475. The van der Waals surface area contributed by atoms with Crippen molar-refractivity contribution in [2.75, 3.05) is 19.0 Å². The first-order valence-corrected chi connectivity index (χ1v) is 5.61. The molecule has 1 rings (SSSR count). The van der Waals surface area contributed by atoms with E-state index in [1.807, 2.05) is 31.9 Å². The van der Waals surface area contributed by atoms with E-state index in [1.165, 1.54) is 7.05 Å². The molecule has 0 bridgehead atoms. The summed E-state index contributed by atoms with van der Waals surface area (Å²) in [4.78, 5) is 13.8. The van der Waals surface area contributed by atoms with Gasteiger partial charge in [0.25, 0.3) is 0 Å². The molecule has 5 heteroatoms. The predicted octanol–water partition coefficient (Wildman–Crippen LogP) is 2.50. The number of nitrogens with zero attached hydrogens (tertiary/aromatic N) is 1. The minimum absolute atomic E-state index is 0.475. The molecule has 0 heterocycles. The van der Waals surface area contributed by atoms with E-state index in [0.717, 1.165) is 16.2 Å². The van der Waals surface area contributed by atoms with Crippen molar-refractivity contribution in [3.8, 4) is 5.75 Å². The molecule has 0 saturated heterocycles. The molecule has 0 aliphatic heterocycles. The Bertz CT molecular complexity index is 446. The van der Waals surface area contributed by atoms with Crippen molar-refractivity contribution in [2.24, 2.45) is 0 Å². The highest BCUT2D eigenvalue weighted by atomic mass is 32.1. The van der Waals surface area contributed by atoms with E-state index in [1.54, 1.807) is 12.1 Å². The summed E-state index contributed by atoms with van der Waals surface area (Å²) < 4.78 is 5.04. The van der Waals surface area contributed by atoms with Gasteiger partial charge in [0.2, 0.25) is 0 Å². The summed E-state index contributed by atoms with van der Waals surface area (Å²) in [6, 6.07) is 5.43. The second kappa shape index (κ2) is 5.63. The molecule has 0 aliphatic carbocycles. The second-order valence-corrected chi connectivity index (χ2v) is 4.26. The zero-order valence-electron chi connectivity index (χ0n) is 10.4. The van der Waals surface area contributed by atoms with Crippen LogP contribution in [0.2, 0.25) is 0 Å². The van der Waals surface area contributed by atoms with Crippen molar-refractivity contribution >= 4 is 29.0 Å². The summed E-state index contributed by atoms with van der Waals surface area (Å²) in [6.45, 7) is 3.81. The Kier molecular flexibility index (Phi) is 4.45. The molecule has 92 valence electrons. The normalized spacial score (nSPS) is 9.65. The largest absolute Gasteiger partial charge is 0.412 e. The fraction of sp³-hybridized carbons (Fsp3) is 0.333. The average molecular weight is 252 g/mol. The lowest BCUT2D eigenvalue weighted by Gasteiger charge is -2.20. The van der Waals surface area contributed by atoms with Gasteiger partial charge in [-0.1, -0.05) is 12.2 Å². The van der Waals surface area contributed by atoms with E-state index >= 15 is 0 Å². The molecule has 4 nitrogen and oxygen atoms in total. The lowest BCUT2D eigenvalue weighted by Crippen LogP contribution is -2.23. The lowest BCUT2D eigenvalue weighted by molar-refractivity contribution is 0.203. The van der Waals surface area contributed by atoms with Crippen LogP contribution in [0, 0.1) is 6.92 Å². The Balaban J connectivity index is 2.94. The SMILES string of the molecule is CNC(=O)Oc1ccc(N(C)C(C)=S)c(C)c1. The third-order valence-corrected chi connectivity index (χ3v) is 2.69. The van der Waals surface area contributed by atoms with Crippen molar-refractivity contribution < 1.29 is 9.53 Å². The van der Waals surface area contributed by atoms with E-state index in [-0.39, 0.29) is 0 Å². The van der Waals surface area contributed by atoms with Crippen LogP contribution in [-0.2, 0) is 0 Å². The van der Waals surface area contributed by atoms with Gasteiger partial charge in [-0.15, -0.1) is 0 Å². The van der Waals surface area contributed by atoms with Gasteiger partial charge in [0.05, 0.1) is 4.99 Å². The van der Waals surface area contributed by atoms with Crippen LogP contribution in [0.5, 0.6) is 5.75 Å². The van der Waals surface area contributed by atoms with Crippen molar-refractivity contribution in [3.63, 3.8) is 0 Å². The van der Waals surface area contributed by atoms with Gasteiger partial charge in [-0.25, -0.2) is 4.79 Å². The molecule has 0 atom stereocenters. The zero-order valence-corrected chi connectivity index (χ0v) is 11.2. The number of aryl methyl sites for hydroxylation is 1. The number of hydrogen-bond acceptors (Lipinski definition) is 3.